The summed E-state index contributed by atoms with van der Waals surface area (Å²) in [5.41, 5.74) is 5.38. The Morgan fingerprint density at radius 3 is 2.06 bits per heavy atom. The molecular weight excluding hydrogens is 452 g/mol. The molecule has 198 valence electrons. The molecular formula is C31H44O5. The first-order valence-corrected chi connectivity index (χ1v) is 12.9. The van der Waals surface area contributed by atoms with E-state index in [9.17, 15) is 15.0 Å². The maximum atomic E-state index is 10.7. The molecule has 0 fully saturated rings. The van der Waals surface area contributed by atoms with Gasteiger partial charge in [0, 0.05) is 11.8 Å². The molecule has 5 heteroatoms. The maximum Gasteiger partial charge on any atom is 0.303 e. The van der Waals surface area contributed by atoms with Crippen molar-refractivity contribution in [2.75, 3.05) is 6.61 Å². The normalized spacial score (nSPS) is 14.1. The lowest BCUT2D eigenvalue weighted by Gasteiger charge is -2.34. The second kappa shape index (κ2) is 12.6. The van der Waals surface area contributed by atoms with Crippen LogP contribution in [0.25, 0.3) is 6.08 Å². The van der Waals surface area contributed by atoms with Crippen molar-refractivity contribution in [3.63, 3.8) is 0 Å². The smallest absolute Gasteiger partial charge is 0.303 e. The number of hydrogen-bond acceptors (Lipinski definition) is 4. The minimum atomic E-state index is -0.924. The summed E-state index contributed by atoms with van der Waals surface area (Å²) in [6.07, 6.45) is 4.52. The van der Waals surface area contributed by atoms with Gasteiger partial charge in [-0.3, -0.25) is 4.79 Å². The fraction of sp³-hybridized carbons (Fsp3) is 0.516. The lowest BCUT2D eigenvalue weighted by Crippen LogP contribution is -2.26. The van der Waals surface area contributed by atoms with E-state index in [-0.39, 0.29) is 30.3 Å². The third kappa shape index (κ3) is 7.44. The predicted octanol–water partition coefficient (Wildman–Crippen LogP) is 6.43. The van der Waals surface area contributed by atoms with Gasteiger partial charge < -0.3 is 20.1 Å². The fourth-order valence-corrected chi connectivity index (χ4v) is 4.55. The molecule has 0 radical (unpaired) electrons. The van der Waals surface area contributed by atoms with E-state index in [1.54, 1.807) is 0 Å². The Morgan fingerprint density at radius 2 is 1.56 bits per heavy atom. The van der Waals surface area contributed by atoms with Gasteiger partial charge >= 0.3 is 5.97 Å². The second-order valence-corrected chi connectivity index (χ2v) is 10.9. The SMILES string of the molecule is CCC(CC)(c1ccc(C=CC(O)C(C)(C)C)c(C)c1)c1ccc(OCC(O)CCC(=O)O)c(C)c1. The molecule has 0 saturated carbocycles. The van der Waals surface area contributed by atoms with Crippen molar-refractivity contribution in [3.05, 3.63) is 70.3 Å². The third-order valence-electron chi connectivity index (χ3n) is 7.23. The van der Waals surface area contributed by atoms with Crippen LogP contribution in [0, 0.1) is 19.3 Å². The van der Waals surface area contributed by atoms with E-state index in [0.29, 0.717) is 5.75 Å². The van der Waals surface area contributed by atoms with E-state index < -0.39 is 18.2 Å². The zero-order chi connectivity index (χ0) is 27.1. The highest BCUT2D eigenvalue weighted by Crippen LogP contribution is 2.41. The Balaban J connectivity index is 2.29. The molecule has 0 heterocycles. The molecule has 0 aliphatic heterocycles. The number of aliphatic hydroxyl groups is 2. The number of aliphatic hydroxyl groups excluding tert-OH is 2. The van der Waals surface area contributed by atoms with E-state index in [1.807, 2.05) is 45.9 Å². The van der Waals surface area contributed by atoms with Gasteiger partial charge in [-0.05, 0) is 72.4 Å². The average molecular weight is 497 g/mol. The molecule has 2 unspecified atom stereocenters. The quantitative estimate of drug-likeness (QED) is 0.315. The zero-order valence-corrected chi connectivity index (χ0v) is 23.0. The number of aliphatic carboxylic acids is 1. The summed E-state index contributed by atoms with van der Waals surface area (Å²) in [7, 11) is 0. The van der Waals surface area contributed by atoms with Crippen molar-refractivity contribution in [1.29, 1.82) is 0 Å². The number of carbonyl (C=O) groups is 1. The van der Waals surface area contributed by atoms with Crippen LogP contribution in [0.4, 0.5) is 0 Å². The number of carboxylic acid groups (broad SMARTS) is 1. The molecule has 0 saturated heterocycles. The van der Waals surface area contributed by atoms with Crippen molar-refractivity contribution in [2.24, 2.45) is 5.41 Å². The van der Waals surface area contributed by atoms with E-state index in [1.165, 1.54) is 16.7 Å². The summed E-state index contributed by atoms with van der Waals surface area (Å²) < 4.78 is 5.81. The van der Waals surface area contributed by atoms with E-state index >= 15 is 0 Å². The van der Waals surface area contributed by atoms with E-state index in [4.69, 9.17) is 9.84 Å². The van der Waals surface area contributed by atoms with E-state index in [2.05, 4.69) is 51.1 Å². The van der Waals surface area contributed by atoms with Gasteiger partial charge in [0.05, 0.1) is 12.2 Å². The van der Waals surface area contributed by atoms with Gasteiger partial charge in [0.2, 0.25) is 0 Å². The van der Waals surface area contributed by atoms with E-state index in [0.717, 1.165) is 24.0 Å². The second-order valence-electron chi connectivity index (χ2n) is 10.9. The van der Waals surface area contributed by atoms with Crippen LogP contribution in [0.15, 0.2) is 42.5 Å². The lowest BCUT2D eigenvalue weighted by atomic mass is 9.70. The molecule has 2 rings (SSSR count). The first-order valence-electron chi connectivity index (χ1n) is 12.9. The van der Waals surface area contributed by atoms with Gasteiger partial charge in [-0.25, -0.2) is 0 Å². The average Bonchev–Trinajstić information content (AvgIpc) is 2.82. The van der Waals surface area contributed by atoms with Crippen LogP contribution >= 0.6 is 0 Å². The molecule has 36 heavy (non-hydrogen) atoms. The van der Waals surface area contributed by atoms with Crippen LogP contribution in [-0.4, -0.2) is 40.1 Å². The summed E-state index contributed by atoms with van der Waals surface area (Å²) in [6.45, 7) is 14.7. The molecule has 0 aliphatic carbocycles. The van der Waals surface area contributed by atoms with Gasteiger partial charge in [0.25, 0.3) is 0 Å². The standard InChI is InChI=1S/C31H44O5/c1-8-31(9-2,24-12-10-23(21(3)18-24)11-16-28(33)30(5,6)7)25-13-15-27(22(4)19-25)36-20-26(32)14-17-29(34)35/h10-13,15-16,18-19,26,28,32-33H,8-9,14,17,20H2,1-7H3,(H,34,35). The van der Waals surface area contributed by atoms with Crippen molar-refractivity contribution in [1.82, 2.24) is 0 Å². The Labute approximate surface area is 216 Å². The highest BCUT2D eigenvalue weighted by Gasteiger charge is 2.31. The first kappa shape index (κ1) is 29.6. The Bertz CT molecular complexity index is 1040. The van der Waals surface area contributed by atoms with Crippen molar-refractivity contribution in [2.45, 2.75) is 91.8 Å². The summed E-state index contributed by atoms with van der Waals surface area (Å²) in [4.78, 5) is 10.7. The topological polar surface area (TPSA) is 87.0 Å². The van der Waals surface area contributed by atoms with Crippen molar-refractivity contribution in [3.8, 4) is 5.75 Å². The molecule has 0 amide bonds. The van der Waals surface area contributed by atoms with Crippen LogP contribution in [0.5, 0.6) is 5.75 Å². The Kier molecular flexibility index (Phi) is 10.3. The maximum absolute atomic E-state index is 10.7. The molecule has 0 aromatic heterocycles. The Morgan fingerprint density at radius 1 is 0.972 bits per heavy atom. The van der Waals surface area contributed by atoms with Gasteiger partial charge in [-0.1, -0.05) is 77.1 Å². The molecule has 2 aromatic carbocycles. The number of hydrogen-bond donors (Lipinski definition) is 3. The number of ether oxygens (including phenoxy) is 1. The number of carboxylic acids is 1. The van der Waals surface area contributed by atoms with Gasteiger partial charge in [-0.2, -0.15) is 0 Å². The molecule has 0 aliphatic rings. The molecule has 3 N–H and O–H groups in total. The van der Waals surface area contributed by atoms with Crippen molar-refractivity contribution < 1.29 is 24.9 Å². The minimum absolute atomic E-state index is 0.0677. The molecule has 0 spiro atoms. The monoisotopic (exact) mass is 496 g/mol. The summed E-state index contributed by atoms with van der Waals surface area (Å²) >= 11 is 0. The van der Waals surface area contributed by atoms with Gasteiger partial charge in [-0.15, -0.1) is 0 Å². The molecule has 2 aromatic rings. The summed E-state index contributed by atoms with van der Waals surface area (Å²) in [6, 6.07) is 12.8. The Hall–Kier alpha value is -2.63. The van der Waals surface area contributed by atoms with Crippen LogP contribution < -0.4 is 4.74 Å². The fourth-order valence-electron chi connectivity index (χ4n) is 4.55. The lowest BCUT2D eigenvalue weighted by molar-refractivity contribution is -0.137. The van der Waals surface area contributed by atoms with Crippen LogP contribution in [0.2, 0.25) is 0 Å². The highest BCUT2D eigenvalue weighted by molar-refractivity contribution is 5.66. The van der Waals surface area contributed by atoms with Crippen molar-refractivity contribution >= 4 is 12.0 Å². The largest absolute Gasteiger partial charge is 0.491 e. The van der Waals surface area contributed by atoms with Crippen LogP contribution in [0.1, 0.15) is 88.1 Å². The predicted molar refractivity (Wildman–Crippen MR) is 147 cm³/mol. The zero-order valence-electron chi connectivity index (χ0n) is 23.0. The van der Waals surface area contributed by atoms with Crippen LogP contribution in [-0.2, 0) is 10.2 Å². The number of aryl methyl sites for hydroxylation is 2. The first-order chi connectivity index (χ1) is 16.8. The van der Waals surface area contributed by atoms with Gasteiger partial charge in [0.15, 0.2) is 0 Å². The molecule has 5 nitrogen and oxygen atoms in total. The molecule has 0 bridgehead atoms. The summed E-state index contributed by atoms with van der Waals surface area (Å²) in [5, 5.41) is 29.2. The molecule has 2 atom stereocenters. The highest BCUT2D eigenvalue weighted by atomic mass is 16.5. The minimum Gasteiger partial charge on any atom is -0.491 e. The summed E-state index contributed by atoms with van der Waals surface area (Å²) in [5.74, 6) is -0.227. The number of benzene rings is 2. The van der Waals surface area contributed by atoms with Gasteiger partial charge in [0.1, 0.15) is 12.4 Å². The number of rotatable bonds is 12. The third-order valence-corrected chi connectivity index (χ3v) is 7.23. The van der Waals surface area contributed by atoms with Crippen LogP contribution in [0.3, 0.4) is 0 Å².